The second-order valence-corrected chi connectivity index (χ2v) is 9.20. The van der Waals surface area contributed by atoms with Gasteiger partial charge in [-0.1, -0.05) is 59.8 Å². The van der Waals surface area contributed by atoms with Gasteiger partial charge in [0.2, 0.25) is 0 Å². The first-order chi connectivity index (χ1) is 16.7. The molecule has 0 atom stereocenters. The van der Waals surface area contributed by atoms with Gasteiger partial charge in [-0.05, 0) is 42.5 Å². The molecule has 164 valence electrons. The molecule has 0 aliphatic heterocycles. The van der Waals surface area contributed by atoms with E-state index in [0.29, 0.717) is 10.8 Å². The van der Waals surface area contributed by atoms with Crippen molar-refractivity contribution in [1.82, 2.24) is 15.2 Å². The Hall–Kier alpha value is -3.87. The summed E-state index contributed by atoms with van der Waals surface area (Å²) in [6.45, 7) is 0. The van der Waals surface area contributed by atoms with Crippen molar-refractivity contribution in [3.05, 3.63) is 102 Å². The number of halogens is 1. The van der Waals surface area contributed by atoms with Crippen molar-refractivity contribution in [1.29, 1.82) is 0 Å². The number of hydrogen-bond acceptors (Lipinski definition) is 6. The Morgan fingerprint density at radius 2 is 1.59 bits per heavy atom. The predicted octanol–water partition coefficient (Wildman–Crippen LogP) is 7.99. The van der Waals surface area contributed by atoms with Gasteiger partial charge >= 0.3 is 0 Å². The molecule has 0 aliphatic rings. The zero-order valence-corrected chi connectivity index (χ0v) is 19.3. The second-order valence-electron chi connectivity index (χ2n) is 7.65. The highest BCUT2D eigenvalue weighted by Gasteiger charge is 2.12. The predicted molar refractivity (Wildman–Crippen MR) is 138 cm³/mol. The highest BCUT2D eigenvalue weighted by Crippen LogP contribution is 2.35. The van der Waals surface area contributed by atoms with Crippen molar-refractivity contribution in [2.24, 2.45) is 0 Å². The lowest BCUT2D eigenvalue weighted by Crippen LogP contribution is -1.99. The number of furan rings is 1. The summed E-state index contributed by atoms with van der Waals surface area (Å²) in [4.78, 5) is 6.46. The van der Waals surface area contributed by atoms with Gasteiger partial charge in [0.05, 0.1) is 11.2 Å². The molecule has 0 saturated carbocycles. The van der Waals surface area contributed by atoms with Crippen LogP contribution in [0.3, 0.4) is 0 Å². The minimum absolute atomic E-state index is 0.693. The average molecular weight is 481 g/mol. The third kappa shape index (κ3) is 3.98. The highest BCUT2D eigenvalue weighted by atomic mass is 35.5. The Balaban J connectivity index is 1.28. The topological polar surface area (TPSA) is 63.8 Å². The van der Waals surface area contributed by atoms with Crippen molar-refractivity contribution in [2.45, 2.75) is 9.79 Å². The van der Waals surface area contributed by atoms with Crippen molar-refractivity contribution >= 4 is 56.7 Å². The van der Waals surface area contributed by atoms with E-state index in [4.69, 9.17) is 16.0 Å². The fraction of sp³-hybridized carbons (Fsp3) is 0. The largest absolute Gasteiger partial charge is 0.461 e. The molecule has 7 heteroatoms. The van der Waals surface area contributed by atoms with E-state index in [2.05, 4.69) is 38.7 Å². The smallest absolute Gasteiger partial charge is 0.166 e. The first-order valence-corrected chi connectivity index (χ1v) is 11.8. The van der Waals surface area contributed by atoms with E-state index in [0.717, 1.165) is 48.6 Å². The number of pyridine rings is 1. The van der Waals surface area contributed by atoms with E-state index in [1.807, 2.05) is 66.7 Å². The summed E-state index contributed by atoms with van der Waals surface area (Å²) < 4.78 is 5.59. The van der Waals surface area contributed by atoms with Crippen molar-refractivity contribution in [3.8, 4) is 11.3 Å². The van der Waals surface area contributed by atoms with E-state index >= 15 is 0 Å². The maximum absolute atomic E-state index is 6.05. The molecule has 1 N–H and O–H groups in total. The molecule has 0 radical (unpaired) electrons. The van der Waals surface area contributed by atoms with Gasteiger partial charge < -0.3 is 9.73 Å². The van der Waals surface area contributed by atoms with E-state index in [9.17, 15) is 0 Å². The highest BCUT2D eigenvalue weighted by molar-refractivity contribution is 7.99. The van der Waals surface area contributed by atoms with Crippen molar-refractivity contribution < 1.29 is 4.42 Å². The van der Waals surface area contributed by atoms with Crippen LogP contribution in [0.4, 0.5) is 11.5 Å². The van der Waals surface area contributed by atoms with Gasteiger partial charge in [-0.3, -0.25) is 4.98 Å². The molecule has 3 aromatic carbocycles. The zero-order valence-electron chi connectivity index (χ0n) is 17.8. The molecule has 0 saturated heterocycles. The third-order valence-electron chi connectivity index (χ3n) is 5.46. The molecule has 5 nitrogen and oxygen atoms in total. The summed E-state index contributed by atoms with van der Waals surface area (Å²) in [6.07, 6.45) is 3.46. The van der Waals surface area contributed by atoms with Gasteiger partial charge in [-0.25, -0.2) is 0 Å². The Morgan fingerprint density at radius 3 is 2.41 bits per heavy atom. The quantitative estimate of drug-likeness (QED) is 0.270. The third-order valence-corrected chi connectivity index (χ3v) is 6.76. The minimum atomic E-state index is 0.693. The molecular formula is C27H17ClN4OS. The number of nitrogens with zero attached hydrogens (tertiary/aromatic N) is 3. The molecule has 0 amide bonds. The van der Waals surface area contributed by atoms with Gasteiger partial charge in [0, 0.05) is 44.2 Å². The lowest BCUT2D eigenvalue weighted by Gasteiger charge is -2.12. The average Bonchev–Trinajstić information content (AvgIpc) is 3.36. The molecule has 3 heterocycles. The summed E-state index contributed by atoms with van der Waals surface area (Å²) in [5, 5.41) is 15.2. The first kappa shape index (κ1) is 20.7. The maximum Gasteiger partial charge on any atom is 0.166 e. The standard InChI is InChI=1S/C27H17ClN4OS/c28-18-7-5-17(6-8-18)25-21-3-1-2-4-22(21)27(32-31-25)30-19-9-11-20(12-10-19)34-24-13-15-29-23-14-16-33-26(23)24/h1-16H,(H,30,32). The van der Waals surface area contributed by atoms with Crippen LogP contribution in [0.1, 0.15) is 0 Å². The molecule has 6 rings (SSSR count). The Bertz CT molecular complexity index is 1610. The SMILES string of the molecule is Clc1ccc(-c2nnc(Nc3ccc(Sc4ccnc5ccoc45)cc3)c3ccccc23)cc1. The Morgan fingerprint density at radius 1 is 0.794 bits per heavy atom. The monoisotopic (exact) mass is 480 g/mol. The number of benzene rings is 3. The normalized spacial score (nSPS) is 11.2. The lowest BCUT2D eigenvalue weighted by atomic mass is 10.0. The Labute approximate surface area is 204 Å². The van der Waals surface area contributed by atoms with Crippen LogP contribution in [-0.2, 0) is 0 Å². The van der Waals surface area contributed by atoms with E-state index < -0.39 is 0 Å². The van der Waals surface area contributed by atoms with E-state index in [-0.39, 0.29) is 0 Å². The summed E-state index contributed by atoms with van der Waals surface area (Å²) in [6, 6.07) is 27.8. The molecule has 3 aromatic heterocycles. The van der Waals surface area contributed by atoms with Gasteiger partial charge in [0.15, 0.2) is 11.4 Å². The van der Waals surface area contributed by atoms with Gasteiger partial charge in [0.25, 0.3) is 0 Å². The van der Waals surface area contributed by atoms with Crippen LogP contribution in [0.2, 0.25) is 5.02 Å². The number of hydrogen-bond donors (Lipinski definition) is 1. The zero-order chi connectivity index (χ0) is 22.9. The number of nitrogens with one attached hydrogen (secondary N) is 1. The molecular weight excluding hydrogens is 464 g/mol. The van der Waals surface area contributed by atoms with Crippen LogP contribution in [0, 0.1) is 0 Å². The van der Waals surface area contributed by atoms with Gasteiger partial charge in [0.1, 0.15) is 11.2 Å². The molecule has 0 unspecified atom stereocenters. The van der Waals surface area contributed by atoms with Crippen LogP contribution in [0.25, 0.3) is 33.1 Å². The second kappa shape index (κ2) is 8.82. The lowest BCUT2D eigenvalue weighted by molar-refractivity contribution is 0.608. The fourth-order valence-corrected chi connectivity index (χ4v) is 4.84. The molecule has 34 heavy (non-hydrogen) atoms. The summed E-state index contributed by atoms with van der Waals surface area (Å²) in [5.41, 5.74) is 4.39. The van der Waals surface area contributed by atoms with E-state index in [1.165, 1.54) is 0 Å². The number of fused-ring (bicyclic) bond motifs is 2. The summed E-state index contributed by atoms with van der Waals surface area (Å²) in [5.74, 6) is 0.708. The molecule has 0 bridgehead atoms. The van der Waals surface area contributed by atoms with Crippen molar-refractivity contribution in [3.63, 3.8) is 0 Å². The van der Waals surface area contributed by atoms with E-state index in [1.54, 1.807) is 24.2 Å². The van der Waals surface area contributed by atoms with Crippen LogP contribution < -0.4 is 5.32 Å². The molecule has 0 aliphatic carbocycles. The molecule has 6 aromatic rings. The van der Waals surface area contributed by atoms with Crippen LogP contribution in [0.15, 0.2) is 112 Å². The fourth-order valence-electron chi connectivity index (χ4n) is 3.82. The van der Waals surface area contributed by atoms with Crippen molar-refractivity contribution in [2.75, 3.05) is 5.32 Å². The van der Waals surface area contributed by atoms with Crippen LogP contribution in [-0.4, -0.2) is 15.2 Å². The summed E-state index contributed by atoms with van der Waals surface area (Å²) in [7, 11) is 0. The number of aromatic nitrogens is 3. The Kier molecular flexibility index (Phi) is 5.37. The molecule has 0 spiro atoms. The van der Waals surface area contributed by atoms with Gasteiger partial charge in [-0.15, -0.1) is 10.2 Å². The van der Waals surface area contributed by atoms with Crippen LogP contribution in [0.5, 0.6) is 0 Å². The van der Waals surface area contributed by atoms with Crippen LogP contribution >= 0.6 is 23.4 Å². The van der Waals surface area contributed by atoms with Gasteiger partial charge in [-0.2, -0.15) is 0 Å². The maximum atomic E-state index is 6.05. The molecule has 0 fully saturated rings. The minimum Gasteiger partial charge on any atom is -0.461 e. The summed E-state index contributed by atoms with van der Waals surface area (Å²) >= 11 is 7.70. The number of anilines is 2. The number of rotatable bonds is 5. The first-order valence-electron chi connectivity index (χ1n) is 10.6.